The Morgan fingerprint density at radius 3 is 2.50 bits per heavy atom. The first kappa shape index (κ1) is 7.54. The van der Waals surface area contributed by atoms with Crippen LogP contribution in [0.15, 0.2) is 12.3 Å². The van der Waals surface area contributed by atoms with Crippen molar-refractivity contribution in [2.45, 2.75) is 26.7 Å². The van der Waals surface area contributed by atoms with Crippen LogP contribution in [0.25, 0.3) is 0 Å². The van der Waals surface area contributed by atoms with Gasteiger partial charge in [0.05, 0.1) is 6.26 Å². The van der Waals surface area contributed by atoms with Crippen LogP contribution in [-0.4, -0.2) is 5.11 Å². The van der Waals surface area contributed by atoms with E-state index in [0.717, 1.165) is 25.0 Å². The van der Waals surface area contributed by atoms with Crippen molar-refractivity contribution in [3.05, 3.63) is 12.3 Å². The Kier molecular flexibility index (Phi) is 4.42. The predicted molar refractivity (Wildman–Crippen MR) is 35.8 cm³/mol. The molecule has 0 aromatic heterocycles. The Hall–Kier alpha value is -0.460. The second-order valence-electron chi connectivity index (χ2n) is 2.36. The standard InChI is InChI=1S/C7H14O/c1-7(2)5-3-4-6-8/h4,6-8H,3,5H2,1-2H3. The Balaban J connectivity index is 2.93. The van der Waals surface area contributed by atoms with Crippen LogP contribution in [0.5, 0.6) is 0 Å². The van der Waals surface area contributed by atoms with E-state index in [-0.39, 0.29) is 0 Å². The van der Waals surface area contributed by atoms with Gasteiger partial charge in [-0.2, -0.15) is 0 Å². The molecular weight excluding hydrogens is 100 g/mol. The van der Waals surface area contributed by atoms with E-state index in [4.69, 9.17) is 5.11 Å². The van der Waals surface area contributed by atoms with Crippen molar-refractivity contribution in [1.29, 1.82) is 0 Å². The quantitative estimate of drug-likeness (QED) is 0.559. The summed E-state index contributed by atoms with van der Waals surface area (Å²) in [6, 6.07) is 0. The lowest BCUT2D eigenvalue weighted by Crippen LogP contribution is -1.83. The lowest BCUT2D eigenvalue weighted by Gasteiger charge is -1.97. The van der Waals surface area contributed by atoms with E-state index in [1.165, 1.54) is 0 Å². The number of hydrogen-bond donors (Lipinski definition) is 1. The van der Waals surface area contributed by atoms with Crippen molar-refractivity contribution in [3.8, 4) is 0 Å². The van der Waals surface area contributed by atoms with Crippen LogP contribution in [0.1, 0.15) is 26.7 Å². The third-order valence-corrected chi connectivity index (χ3v) is 1.02. The molecule has 48 valence electrons. The van der Waals surface area contributed by atoms with Crippen LogP contribution in [0.3, 0.4) is 0 Å². The van der Waals surface area contributed by atoms with E-state index in [2.05, 4.69) is 13.8 Å². The summed E-state index contributed by atoms with van der Waals surface area (Å²) in [6.45, 7) is 4.34. The highest BCUT2D eigenvalue weighted by molar-refractivity contribution is 4.71. The Morgan fingerprint density at radius 2 is 2.12 bits per heavy atom. The zero-order valence-corrected chi connectivity index (χ0v) is 5.59. The van der Waals surface area contributed by atoms with Crippen molar-refractivity contribution in [2.75, 3.05) is 0 Å². The molecule has 0 atom stereocenters. The molecule has 0 aliphatic heterocycles. The summed E-state index contributed by atoms with van der Waals surface area (Å²) >= 11 is 0. The SMILES string of the molecule is CC(C)CCC=CO. The zero-order chi connectivity index (χ0) is 6.41. The van der Waals surface area contributed by atoms with Crippen LogP contribution in [-0.2, 0) is 0 Å². The van der Waals surface area contributed by atoms with Gasteiger partial charge in [0.15, 0.2) is 0 Å². The highest BCUT2D eigenvalue weighted by Gasteiger charge is 1.88. The third-order valence-electron chi connectivity index (χ3n) is 1.02. The molecule has 1 heteroatoms. The van der Waals surface area contributed by atoms with Crippen LogP contribution in [0.4, 0.5) is 0 Å². The van der Waals surface area contributed by atoms with Crippen molar-refractivity contribution < 1.29 is 5.11 Å². The van der Waals surface area contributed by atoms with Gasteiger partial charge in [0, 0.05) is 0 Å². The van der Waals surface area contributed by atoms with E-state index in [0.29, 0.717) is 0 Å². The maximum atomic E-state index is 8.20. The first-order valence-corrected chi connectivity index (χ1v) is 3.06. The fourth-order valence-corrected chi connectivity index (χ4v) is 0.504. The van der Waals surface area contributed by atoms with Crippen molar-refractivity contribution in [3.63, 3.8) is 0 Å². The molecule has 0 aliphatic rings. The van der Waals surface area contributed by atoms with E-state index >= 15 is 0 Å². The lowest BCUT2D eigenvalue weighted by molar-refractivity contribution is 0.468. The highest BCUT2D eigenvalue weighted by atomic mass is 16.2. The number of rotatable bonds is 3. The predicted octanol–water partition coefficient (Wildman–Crippen LogP) is 2.49. The van der Waals surface area contributed by atoms with Gasteiger partial charge in [-0.15, -0.1) is 0 Å². The van der Waals surface area contributed by atoms with Gasteiger partial charge >= 0.3 is 0 Å². The molecule has 0 saturated heterocycles. The molecule has 0 saturated carbocycles. The molecule has 0 radical (unpaired) electrons. The molecule has 0 rings (SSSR count). The van der Waals surface area contributed by atoms with Crippen LogP contribution in [0, 0.1) is 5.92 Å². The zero-order valence-electron chi connectivity index (χ0n) is 5.59. The third kappa shape index (κ3) is 5.54. The highest BCUT2D eigenvalue weighted by Crippen LogP contribution is 2.02. The number of allylic oxidation sites excluding steroid dienone is 1. The van der Waals surface area contributed by atoms with Gasteiger partial charge < -0.3 is 5.11 Å². The van der Waals surface area contributed by atoms with Gasteiger partial charge in [-0.05, 0) is 18.8 Å². The Morgan fingerprint density at radius 1 is 1.50 bits per heavy atom. The molecule has 0 aromatic rings. The topological polar surface area (TPSA) is 20.2 Å². The van der Waals surface area contributed by atoms with Gasteiger partial charge in [-0.3, -0.25) is 0 Å². The fourth-order valence-electron chi connectivity index (χ4n) is 0.504. The molecular formula is C7H14O. The van der Waals surface area contributed by atoms with E-state index in [1.807, 2.05) is 0 Å². The average molecular weight is 114 g/mol. The summed E-state index contributed by atoms with van der Waals surface area (Å²) in [5.41, 5.74) is 0. The molecule has 0 bridgehead atoms. The summed E-state index contributed by atoms with van der Waals surface area (Å²) < 4.78 is 0. The lowest BCUT2D eigenvalue weighted by atomic mass is 10.1. The van der Waals surface area contributed by atoms with E-state index in [1.54, 1.807) is 6.08 Å². The Labute approximate surface area is 51.0 Å². The summed E-state index contributed by atoms with van der Waals surface area (Å²) in [6.07, 6.45) is 5.05. The summed E-state index contributed by atoms with van der Waals surface area (Å²) in [7, 11) is 0. The molecule has 1 nitrogen and oxygen atoms in total. The molecule has 0 aromatic carbocycles. The van der Waals surface area contributed by atoms with Crippen molar-refractivity contribution in [1.82, 2.24) is 0 Å². The maximum absolute atomic E-state index is 8.20. The van der Waals surface area contributed by atoms with Gasteiger partial charge in [0.25, 0.3) is 0 Å². The summed E-state index contributed by atoms with van der Waals surface area (Å²) in [5, 5.41) is 8.20. The molecule has 0 unspecified atom stereocenters. The van der Waals surface area contributed by atoms with Gasteiger partial charge in [-0.1, -0.05) is 19.9 Å². The fraction of sp³-hybridized carbons (Fsp3) is 0.714. The molecule has 0 aliphatic carbocycles. The molecule has 8 heavy (non-hydrogen) atoms. The summed E-state index contributed by atoms with van der Waals surface area (Å²) in [5.74, 6) is 0.742. The van der Waals surface area contributed by atoms with Crippen molar-refractivity contribution in [2.24, 2.45) is 5.92 Å². The average Bonchev–Trinajstić information content (AvgIpc) is 1.66. The van der Waals surface area contributed by atoms with Crippen molar-refractivity contribution >= 4 is 0 Å². The van der Waals surface area contributed by atoms with Gasteiger partial charge in [0.2, 0.25) is 0 Å². The minimum atomic E-state index is 0.742. The van der Waals surface area contributed by atoms with Crippen LogP contribution in [0.2, 0.25) is 0 Å². The van der Waals surface area contributed by atoms with Gasteiger partial charge in [-0.25, -0.2) is 0 Å². The molecule has 1 N–H and O–H groups in total. The largest absolute Gasteiger partial charge is 0.516 e. The van der Waals surface area contributed by atoms with E-state index < -0.39 is 0 Å². The maximum Gasteiger partial charge on any atom is 0.0751 e. The molecule has 0 heterocycles. The minimum absolute atomic E-state index is 0.742. The smallest absolute Gasteiger partial charge is 0.0751 e. The minimum Gasteiger partial charge on any atom is -0.516 e. The first-order chi connectivity index (χ1) is 3.77. The van der Waals surface area contributed by atoms with Crippen LogP contribution < -0.4 is 0 Å². The van der Waals surface area contributed by atoms with E-state index in [9.17, 15) is 0 Å². The number of hydrogen-bond acceptors (Lipinski definition) is 1. The van der Waals surface area contributed by atoms with Gasteiger partial charge in [0.1, 0.15) is 0 Å². The second kappa shape index (κ2) is 4.69. The second-order valence-corrected chi connectivity index (χ2v) is 2.36. The van der Waals surface area contributed by atoms with Crippen LogP contribution >= 0.6 is 0 Å². The normalized spacial score (nSPS) is 11.4. The molecule has 0 amide bonds. The number of aliphatic hydroxyl groups excluding tert-OH is 1. The monoisotopic (exact) mass is 114 g/mol. The molecule has 0 spiro atoms. The summed E-state index contributed by atoms with van der Waals surface area (Å²) in [4.78, 5) is 0. The molecule has 0 fully saturated rings. The number of aliphatic hydroxyl groups is 1. The Bertz CT molecular complexity index is 64.8. The first-order valence-electron chi connectivity index (χ1n) is 3.06.